The molecule has 146 valence electrons. The fourth-order valence-electron chi connectivity index (χ4n) is 3.51. The Balaban J connectivity index is 1.64. The van der Waals surface area contributed by atoms with E-state index >= 15 is 0 Å². The second-order valence-corrected chi connectivity index (χ2v) is 9.04. The molecule has 0 saturated carbocycles. The maximum Gasteiger partial charge on any atom is 0.268 e. The molecular formula is C20H21N3O3S2. The highest BCUT2D eigenvalue weighted by Crippen LogP contribution is 2.38. The molecule has 0 saturated heterocycles. The van der Waals surface area contributed by atoms with E-state index < -0.39 is 5.91 Å². The van der Waals surface area contributed by atoms with Crippen molar-refractivity contribution in [3.63, 3.8) is 0 Å². The molecule has 0 fully saturated rings. The third-order valence-corrected chi connectivity index (χ3v) is 7.23. The second-order valence-electron chi connectivity index (χ2n) is 6.93. The van der Waals surface area contributed by atoms with Crippen molar-refractivity contribution in [3.05, 3.63) is 44.5 Å². The van der Waals surface area contributed by atoms with Crippen molar-refractivity contribution in [3.8, 4) is 10.8 Å². The van der Waals surface area contributed by atoms with E-state index in [1.807, 2.05) is 19.1 Å². The minimum atomic E-state index is -0.484. The van der Waals surface area contributed by atoms with Gasteiger partial charge in [-0.2, -0.15) is 0 Å². The van der Waals surface area contributed by atoms with E-state index in [0.29, 0.717) is 31.9 Å². The number of aromatic nitrogens is 1. The summed E-state index contributed by atoms with van der Waals surface area (Å²) in [4.78, 5) is 31.2. The van der Waals surface area contributed by atoms with Crippen molar-refractivity contribution in [1.82, 2.24) is 4.98 Å². The number of carbonyl (C=O) groups is 2. The van der Waals surface area contributed by atoms with Gasteiger partial charge in [-0.3, -0.25) is 9.59 Å². The minimum absolute atomic E-state index is 0.275. The number of anilines is 1. The van der Waals surface area contributed by atoms with Gasteiger partial charge in [0.15, 0.2) is 10.8 Å². The number of aryl methyl sites for hydroxylation is 3. The lowest BCUT2D eigenvalue weighted by Crippen LogP contribution is -2.18. The van der Waals surface area contributed by atoms with Gasteiger partial charge in [0.05, 0.1) is 11.3 Å². The first-order valence-electron chi connectivity index (χ1n) is 9.24. The van der Waals surface area contributed by atoms with Gasteiger partial charge in [-0.25, -0.2) is 4.98 Å². The lowest BCUT2D eigenvalue weighted by atomic mass is 10.1. The number of thiazole rings is 1. The van der Waals surface area contributed by atoms with Crippen LogP contribution in [0.15, 0.2) is 16.5 Å². The molecule has 3 aromatic rings. The summed E-state index contributed by atoms with van der Waals surface area (Å²) < 4.78 is 5.61. The van der Waals surface area contributed by atoms with Crippen molar-refractivity contribution < 1.29 is 14.0 Å². The Bertz CT molecular complexity index is 1060. The van der Waals surface area contributed by atoms with Crippen LogP contribution >= 0.6 is 22.7 Å². The molecule has 2 amide bonds. The quantitative estimate of drug-likeness (QED) is 0.603. The molecule has 0 spiro atoms. The topological polar surface area (TPSA) is 98.2 Å². The molecule has 1 aliphatic carbocycles. The third-order valence-electron chi connectivity index (χ3n) is 4.85. The molecule has 1 aliphatic rings. The van der Waals surface area contributed by atoms with Gasteiger partial charge in [-0.1, -0.05) is 6.42 Å². The molecule has 0 bridgehead atoms. The van der Waals surface area contributed by atoms with Gasteiger partial charge in [0.2, 0.25) is 0 Å². The van der Waals surface area contributed by atoms with Crippen LogP contribution in [0.3, 0.4) is 0 Å². The monoisotopic (exact) mass is 415 g/mol. The van der Waals surface area contributed by atoms with Crippen LogP contribution in [0.25, 0.3) is 10.8 Å². The predicted molar refractivity (Wildman–Crippen MR) is 111 cm³/mol. The Morgan fingerprint density at radius 1 is 1.14 bits per heavy atom. The second kappa shape index (κ2) is 7.52. The first-order valence-corrected chi connectivity index (χ1v) is 10.9. The number of nitrogens with two attached hydrogens (primary N) is 1. The fraction of sp³-hybridized carbons (Fsp3) is 0.350. The number of amides is 2. The van der Waals surface area contributed by atoms with E-state index in [1.165, 1.54) is 22.7 Å². The zero-order chi connectivity index (χ0) is 19.8. The SMILES string of the molecule is Cc1ccc(-c2nc(C)c(C(=O)Nc3sc4c(c3C(N)=O)CCCCC4)s2)o1. The van der Waals surface area contributed by atoms with Gasteiger partial charge >= 0.3 is 0 Å². The van der Waals surface area contributed by atoms with Crippen molar-refractivity contribution in [2.24, 2.45) is 5.73 Å². The van der Waals surface area contributed by atoms with Crippen LogP contribution in [-0.2, 0) is 12.8 Å². The van der Waals surface area contributed by atoms with Crippen LogP contribution in [0.2, 0.25) is 0 Å². The van der Waals surface area contributed by atoms with Gasteiger partial charge in [0.25, 0.3) is 11.8 Å². The lowest BCUT2D eigenvalue weighted by Gasteiger charge is -2.05. The van der Waals surface area contributed by atoms with Crippen molar-refractivity contribution in [2.75, 3.05) is 5.32 Å². The number of furan rings is 1. The highest BCUT2D eigenvalue weighted by atomic mass is 32.1. The van der Waals surface area contributed by atoms with E-state index in [9.17, 15) is 9.59 Å². The van der Waals surface area contributed by atoms with E-state index in [2.05, 4.69) is 10.3 Å². The number of nitrogens with zero attached hydrogens (tertiary/aromatic N) is 1. The molecule has 4 rings (SSSR count). The molecule has 6 nitrogen and oxygen atoms in total. The molecule has 0 unspecified atom stereocenters. The normalized spacial score (nSPS) is 13.8. The summed E-state index contributed by atoms with van der Waals surface area (Å²) in [6.07, 6.45) is 5.05. The average molecular weight is 416 g/mol. The van der Waals surface area contributed by atoms with Gasteiger partial charge in [-0.15, -0.1) is 22.7 Å². The predicted octanol–water partition coefficient (Wildman–Crippen LogP) is 4.70. The number of fused-ring (bicyclic) bond motifs is 1. The van der Waals surface area contributed by atoms with Crippen molar-refractivity contribution >= 4 is 39.5 Å². The number of thiophene rings is 1. The summed E-state index contributed by atoms with van der Waals surface area (Å²) in [7, 11) is 0. The Morgan fingerprint density at radius 2 is 1.93 bits per heavy atom. The minimum Gasteiger partial charge on any atom is -0.459 e. The third kappa shape index (κ3) is 3.49. The molecule has 0 aromatic carbocycles. The van der Waals surface area contributed by atoms with Gasteiger partial charge in [0.1, 0.15) is 15.6 Å². The Labute approximate surface area is 170 Å². The highest BCUT2D eigenvalue weighted by Gasteiger charge is 2.26. The van der Waals surface area contributed by atoms with Crippen LogP contribution in [0.4, 0.5) is 5.00 Å². The molecule has 8 heteroatoms. The van der Waals surface area contributed by atoms with Gasteiger partial charge < -0.3 is 15.5 Å². The van der Waals surface area contributed by atoms with Crippen LogP contribution in [0.1, 0.15) is 61.2 Å². The number of nitrogens with one attached hydrogen (secondary N) is 1. The van der Waals surface area contributed by atoms with E-state index in [0.717, 1.165) is 48.3 Å². The Hall–Kier alpha value is -2.45. The van der Waals surface area contributed by atoms with Crippen LogP contribution in [0, 0.1) is 13.8 Å². The zero-order valence-corrected chi connectivity index (χ0v) is 17.4. The summed E-state index contributed by atoms with van der Waals surface area (Å²) >= 11 is 2.75. The van der Waals surface area contributed by atoms with Gasteiger partial charge in [0, 0.05) is 4.88 Å². The highest BCUT2D eigenvalue weighted by molar-refractivity contribution is 7.18. The van der Waals surface area contributed by atoms with Crippen molar-refractivity contribution in [2.45, 2.75) is 46.0 Å². The molecule has 3 N–H and O–H groups in total. The molecule has 3 aromatic heterocycles. The lowest BCUT2D eigenvalue weighted by molar-refractivity contribution is 0.100. The average Bonchev–Trinajstić information content (AvgIpc) is 3.28. The number of rotatable bonds is 4. The standard InChI is InChI=1S/C20H21N3O3S2/c1-10-8-9-13(26-10)19-22-11(2)16(28-19)18(25)23-20-15(17(21)24)12-6-4-3-5-7-14(12)27-20/h8-9H,3-7H2,1-2H3,(H2,21,24)(H,23,25). The zero-order valence-electron chi connectivity index (χ0n) is 15.8. The van der Waals surface area contributed by atoms with Crippen LogP contribution in [-0.4, -0.2) is 16.8 Å². The smallest absolute Gasteiger partial charge is 0.268 e. The summed E-state index contributed by atoms with van der Waals surface area (Å²) in [5, 5.41) is 4.12. The Kier molecular flexibility index (Phi) is 5.07. The summed E-state index contributed by atoms with van der Waals surface area (Å²) in [6, 6.07) is 3.71. The first-order chi connectivity index (χ1) is 13.4. The molecule has 0 radical (unpaired) electrons. The fourth-order valence-corrected chi connectivity index (χ4v) is 5.73. The van der Waals surface area contributed by atoms with E-state index in [4.69, 9.17) is 10.2 Å². The Morgan fingerprint density at radius 3 is 2.64 bits per heavy atom. The van der Waals surface area contributed by atoms with Crippen LogP contribution < -0.4 is 11.1 Å². The summed E-state index contributed by atoms with van der Waals surface area (Å²) in [5.41, 5.74) is 7.77. The maximum absolute atomic E-state index is 12.9. The maximum atomic E-state index is 12.9. The van der Waals surface area contributed by atoms with Crippen molar-refractivity contribution in [1.29, 1.82) is 0 Å². The largest absolute Gasteiger partial charge is 0.459 e. The van der Waals surface area contributed by atoms with E-state index in [-0.39, 0.29) is 5.91 Å². The van der Waals surface area contributed by atoms with Gasteiger partial charge in [-0.05, 0) is 57.2 Å². The van der Waals surface area contributed by atoms with Crippen LogP contribution in [0.5, 0.6) is 0 Å². The molecule has 0 aliphatic heterocycles. The van der Waals surface area contributed by atoms with E-state index in [1.54, 1.807) is 6.92 Å². The summed E-state index contributed by atoms with van der Waals surface area (Å²) in [6.45, 7) is 3.66. The molecule has 3 heterocycles. The number of carbonyl (C=O) groups excluding carboxylic acids is 2. The summed E-state index contributed by atoms with van der Waals surface area (Å²) in [5.74, 6) is 0.677. The molecular weight excluding hydrogens is 394 g/mol. The molecule has 28 heavy (non-hydrogen) atoms. The number of hydrogen-bond acceptors (Lipinski definition) is 6. The first kappa shape index (κ1) is 18.9. The molecule has 0 atom stereocenters. The number of primary amides is 1. The number of hydrogen-bond donors (Lipinski definition) is 2.